The highest BCUT2D eigenvalue weighted by atomic mass is 16.2. The molecule has 0 aromatic rings. The minimum absolute atomic E-state index is 0.363. The van der Waals surface area contributed by atoms with Crippen LogP contribution in [0.25, 0.3) is 0 Å². The Hall–Kier alpha value is -0.610. The lowest BCUT2D eigenvalue weighted by molar-refractivity contribution is -0.130. The van der Waals surface area contributed by atoms with Gasteiger partial charge in [0.1, 0.15) is 0 Å². The molecule has 3 fully saturated rings. The first kappa shape index (κ1) is 12.4. The average Bonchev–Trinajstić information content (AvgIpc) is 2.94. The van der Waals surface area contributed by atoms with Gasteiger partial charge in [-0.1, -0.05) is 0 Å². The first-order chi connectivity index (χ1) is 8.74. The third-order valence-electron chi connectivity index (χ3n) is 4.96. The van der Waals surface area contributed by atoms with Crippen molar-refractivity contribution in [3.63, 3.8) is 0 Å². The smallest absolute Gasteiger partial charge is 0.223 e. The van der Waals surface area contributed by atoms with Gasteiger partial charge in [-0.2, -0.15) is 0 Å². The zero-order valence-corrected chi connectivity index (χ0v) is 11.2. The SMILES string of the molecule is NC1CC2CCC(C1)N2CCC(=O)N1CCCC1. The molecule has 3 rings (SSSR count). The minimum atomic E-state index is 0.363. The molecule has 3 saturated heterocycles. The standard InChI is InChI=1S/C14H25N3O/c15-11-9-12-3-4-13(10-11)17(12)8-5-14(18)16-6-1-2-7-16/h11-13H,1-10,15H2. The second-order valence-corrected chi connectivity index (χ2v) is 6.19. The van der Waals surface area contributed by atoms with Gasteiger partial charge < -0.3 is 10.6 Å². The van der Waals surface area contributed by atoms with E-state index in [9.17, 15) is 4.79 Å². The first-order valence-electron chi connectivity index (χ1n) is 7.53. The summed E-state index contributed by atoms with van der Waals surface area (Å²) in [5, 5.41) is 0. The summed E-state index contributed by atoms with van der Waals surface area (Å²) in [6.07, 6.45) is 7.93. The normalized spacial score (nSPS) is 36.3. The van der Waals surface area contributed by atoms with E-state index in [4.69, 9.17) is 5.73 Å². The van der Waals surface area contributed by atoms with Crippen molar-refractivity contribution in [3.8, 4) is 0 Å². The van der Waals surface area contributed by atoms with Gasteiger partial charge in [-0.05, 0) is 38.5 Å². The van der Waals surface area contributed by atoms with Gasteiger partial charge >= 0.3 is 0 Å². The fraction of sp³-hybridized carbons (Fsp3) is 0.929. The number of nitrogens with zero attached hydrogens (tertiary/aromatic N) is 2. The lowest BCUT2D eigenvalue weighted by atomic mass is 9.98. The van der Waals surface area contributed by atoms with E-state index in [1.54, 1.807) is 0 Å². The summed E-state index contributed by atoms with van der Waals surface area (Å²) in [7, 11) is 0. The van der Waals surface area contributed by atoms with Crippen molar-refractivity contribution in [1.29, 1.82) is 0 Å². The Bertz CT molecular complexity index is 300. The molecule has 2 bridgehead atoms. The summed E-state index contributed by atoms with van der Waals surface area (Å²) >= 11 is 0. The number of piperidine rings is 1. The molecule has 3 aliphatic rings. The van der Waals surface area contributed by atoms with E-state index in [0.29, 0.717) is 30.5 Å². The molecular formula is C14H25N3O. The van der Waals surface area contributed by atoms with Gasteiger partial charge in [0.2, 0.25) is 5.91 Å². The van der Waals surface area contributed by atoms with Gasteiger partial charge in [-0.25, -0.2) is 0 Å². The molecule has 18 heavy (non-hydrogen) atoms. The molecule has 4 nitrogen and oxygen atoms in total. The van der Waals surface area contributed by atoms with Crippen LogP contribution < -0.4 is 5.73 Å². The number of carbonyl (C=O) groups excluding carboxylic acids is 1. The van der Waals surface area contributed by atoms with Crippen LogP contribution in [-0.4, -0.2) is 53.5 Å². The summed E-state index contributed by atoms with van der Waals surface area (Å²) in [4.78, 5) is 16.7. The number of hydrogen-bond acceptors (Lipinski definition) is 3. The number of hydrogen-bond donors (Lipinski definition) is 1. The van der Waals surface area contributed by atoms with Crippen molar-refractivity contribution < 1.29 is 4.79 Å². The van der Waals surface area contributed by atoms with Crippen LogP contribution in [0.2, 0.25) is 0 Å². The van der Waals surface area contributed by atoms with E-state index in [1.165, 1.54) is 25.7 Å². The Morgan fingerprint density at radius 1 is 1.11 bits per heavy atom. The molecule has 0 aliphatic carbocycles. The average molecular weight is 251 g/mol. The Kier molecular flexibility index (Phi) is 3.57. The molecule has 4 heteroatoms. The molecule has 0 aromatic carbocycles. The van der Waals surface area contributed by atoms with E-state index in [-0.39, 0.29) is 0 Å². The fourth-order valence-corrected chi connectivity index (χ4v) is 4.03. The quantitative estimate of drug-likeness (QED) is 0.812. The maximum atomic E-state index is 12.1. The van der Waals surface area contributed by atoms with Gasteiger partial charge in [-0.15, -0.1) is 0 Å². The molecule has 0 radical (unpaired) electrons. The predicted octanol–water partition coefficient (Wildman–Crippen LogP) is 0.953. The number of likely N-dealkylation sites (tertiary alicyclic amines) is 1. The molecule has 102 valence electrons. The van der Waals surface area contributed by atoms with E-state index in [0.717, 1.165) is 32.5 Å². The van der Waals surface area contributed by atoms with Crippen molar-refractivity contribution in [1.82, 2.24) is 9.80 Å². The highest BCUT2D eigenvalue weighted by Crippen LogP contribution is 2.35. The van der Waals surface area contributed by atoms with Crippen LogP contribution in [0.15, 0.2) is 0 Å². The number of carbonyl (C=O) groups is 1. The molecule has 0 saturated carbocycles. The second kappa shape index (κ2) is 5.17. The van der Waals surface area contributed by atoms with Gasteiger partial charge in [0, 0.05) is 44.2 Å². The summed E-state index contributed by atoms with van der Waals surface area (Å²) in [6, 6.07) is 1.71. The molecule has 2 unspecified atom stereocenters. The number of fused-ring (bicyclic) bond motifs is 2. The minimum Gasteiger partial charge on any atom is -0.343 e. The van der Waals surface area contributed by atoms with Crippen LogP contribution in [0, 0.1) is 0 Å². The van der Waals surface area contributed by atoms with Crippen LogP contribution in [0.3, 0.4) is 0 Å². The zero-order chi connectivity index (χ0) is 12.5. The Labute approximate surface area is 109 Å². The van der Waals surface area contributed by atoms with Gasteiger partial charge in [-0.3, -0.25) is 9.69 Å². The number of nitrogens with two attached hydrogens (primary N) is 1. The predicted molar refractivity (Wildman–Crippen MR) is 71.2 cm³/mol. The maximum Gasteiger partial charge on any atom is 0.223 e. The Balaban J connectivity index is 1.50. The van der Waals surface area contributed by atoms with Crippen LogP contribution in [0.5, 0.6) is 0 Å². The summed E-state index contributed by atoms with van der Waals surface area (Å²) in [5.41, 5.74) is 6.07. The third-order valence-corrected chi connectivity index (χ3v) is 4.96. The van der Waals surface area contributed by atoms with E-state index in [1.807, 2.05) is 4.90 Å². The molecule has 1 amide bonds. The summed E-state index contributed by atoms with van der Waals surface area (Å²) in [6.45, 7) is 2.92. The second-order valence-electron chi connectivity index (χ2n) is 6.19. The van der Waals surface area contributed by atoms with Crippen LogP contribution in [0.4, 0.5) is 0 Å². The topological polar surface area (TPSA) is 49.6 Å². The van der Waals surface area contributed by atoms with E-state index in [2.05, 4.69) is 4.90 Å². The lowest BCUT2D eigenvalue weighted by Crippen LogP contribution is -2.48. The van der Waals surface area contributed by atoms with Crippen molar-refractivity contribution in [2.45, 2.75) is 63.1 Å². The fourth-order valence-electron chi connectivity index (χ4n) is 4.03. The van der Waals surface area contributed by atoms with Gasteiger partial charge in [0.05, 0.1) is 0 Å². The molecule has 3 aliphatic heterocycles. The zero-order valence-electron chi connectivity index (χ0n) is 11.2. The van der Waals surface area contributed by atoms with Gasteiger partial charge in [0.15, 0.2) is 0 Å². The molecular weight excluding hydrogens is 226 g/mol. The largest absolute Gasteiger partial charge is 0.343 e. The van der Waals surface area contributed by atoms with Crippen molar-refractivity contribution in [3.05, 3.63) is 0 Å². The highest BCUT2D eigenvalue weighted by Gasteiger charge is 2.39. The maximum absolute atomic E-state index is 12.1. The van der Waals surface area contributed by atoms with Gasteiger partial charge in [0.25, 0.3) is 0 Å². The van der Waals surface area contributed by atoms with Crippen molar-refractivity contribution >= 4 is 5.91 Å². The Morgan fingerprint density at radius 2 is 1.72 bits per heavy atom. The van der Waals surface area contributed by atoms with Crippen LogP contribution in [-0.2, 0) is 4.79 Å². The monoisotopic (exact) mass is 251 g/mol. The number of amides is 1. The first-order valence-corrected chi connectivity index (χ1v) is 7.53. The summed E-state index contributed by atoms with van der Waals surface area (Å²) in [5.74, 6) is 0.363. The molecule has 3 heterocycles. The Morgan fingerprint density at radius 3 is 2.33 bits per heavy atom. The molecule has 0 spiro atoms. The highest BCUT2D eigenvalue weighted by molar-refractivity contribution is 5.76. The molecule has 0 aromatic heterocycles. The number of rotatable bonds is 3. The van der Waals surface area contributed by atoms with Crippen LogP contribution >= 0.6 is 0 Å². The van der Waals surface area contributed by atoms with Crippen molar-refractivity contribution in [2.24, 2.45) is 5.73 Å². The van der Waals surface area contributed by atoms with E-state index < -0.39 is 0 Å². The molecule has 2 atom stereocenters. The lowest BCUT2D eigenvalue weighted by Gasteiger charge is -2.37. The summed E-state index contributed by atoms with van der Waals surface area (Å²) < 4.78 is 0. The van der Waals surface area contributed by atoms with Crippen LogP contribution in [0.1, 0.15) is 44.9 Å². The van der Waals surface area contributed by atoms with E-state index >= 15 is 0 Å². The molecule has 2 N–H and O–H groups in total. The van der Waals surface area contributed by atoms with Crippen molar-refractivity contribution in [2.75, 3.05) is 19.6 Å². The third kappa shape index (κ3) is 2.41.